The molecule has 2 aromatic heterocycles. The van der Waals surface area contributed by atoms with Crippen LogP contribution in [-0.4, -0.2) is 27.8 Å². The van der Waals surface area contributed by atoms with Crippen molar-refractivity contribution in [2.24, 2.45) is 5.92 Å². The van der Waals surface area contributed by atoms with Gasteiger partial charge in [-0.15, -0.1) is 0 Å². The van der Waals surface area contributed by atoms with Gasteiger partial charge in [0.2, 0.25) is 0 Å². The number of hydrogen-bond acceptors (Lipinski definition) is 3. The van der Waals surface area contributed by atoms with E-state index in [0.29, 0.717) is 5.92 Å². The molecule has 1 fully saturated rings. The minimum atomic E-state index is 0.585. The zero-order valence-electron chi connectivity index (χ0n) is 10.1. The molecule has 0 radical (unpaired) electrons. The van der Waals surface area contributed by atoms with Gasteiger partial charge in [-0.3, -0.25) is 0 Å². The molecular formula is C13H17N3O. The van der Waals surface area contributed by atoms with Gasteiger partial charge in [-0.2, -0.15) is 5.10 Å². The predicted molar refractivity (Wildman–Crippen MR) is 65.0 cm³/mol. The number of ether oxygens (including phenoxy) is 1. The van der Waals surface area contributed by atoms with E-state index in [2.05, 4.69) is 23.1 Å². The molecular weight excluding hydrogens is 214 g/mol. The number of rotatable bonds is 2. The molecule has 0 spiro atoms. The lowest BCUT2D eigenvalue weighted by atomic mass is 9.98. The Kier molecular flexibility index (Phi) is 2.81. The summed E-state index contributed by atoms with van der Waals surface area (Å²) < 4.78 is 7.41. The average molecular weight is 231 g/mol. The molecule has 17 heavy (non-hydrogen) atoms. The number of hydrogen-bond donors (Lipinski definition) is 0. The molecule has 0 aliphatic carbocycles. The molecule has 4 heteroatoms. The molecule has 0 bridgehead atoms. The van der Waals surface area contributed by atoms with E-state index in [-0.39, 0.29) is 0 Å². The minimum Gasteiger partial charge on any atom is -0.381 e. The maximum absolute atomic E-state index is 5.49. The van der Waals surface area contributed by atoms with E-state index in [1.165, 1.54) is 6.42 Å². The summed E-state index contributed by atoms with van der Waals surface area (Å²) in [5, 5.41) is 4.56. The molecule has 3 heterocycles. The molecule has 90 valence electrons. The predicted octanol–water partition coefficient (Wildman–Crippen LogP) is 2.01. The summed E-state index contributed by atoms with van der Waals surface area (Å²) in [7, 11) is 0. The number of aromatic nitrogens is 3. The summed E-state index contributed by atoms with van der Waals surface area (Å²) in [6.07, 6.45) is 3.33. The van der Waals surface area contributed by atoms with E-state index < -0.39 is 0 Å². The molecule has 1 unspecified atom stereocenters. The van der Waals surface area contributed by atoms with Crippen LogP contribution >= 0.6 is 0 Å². The van der Waals surface area contributed by atoms with Crippen LogP contribution in [0.3, 0.4) is 0 Å². The molecule has 0 amide bonds. The smallest absolute Gasteiger partial charge is 0.155 e. The van der Waals surface area contributed by atoms with Gasteiger partial charge in [0.15, 0.2) is 11.5 Å². The van der Waals surface area contributed by atoms with Crippen LogP contribution in [0.4, 0.5) is 0 Å². The number of pyridine rings is 1. The third kappa shape index (κ3) is 2.17. The fourth-order valence-corrected chi connectivity index (χ4v) is 2.39. The summed E-state index contributed by atoms with van der Waals surface area (Å²) in [6.45, 7) is 3.82. The van der Waals surface area contributed by atoms with Crippen LogP contribution in [0.25, 0.3) is 5.65 Å². The van der Waals surface area contributed by atoms with Crippen LogP contribution in [0.2, 0.25) is 0 Å². The van der Waals surface area contributed by atoms with Crippen molar-refractivity contribution in [3.05, 3.63) is 29.7 Å². The van der Waals surface area contributed by atoms with E-state index in [1.54, 1.807) is 0 Å². The highest BCUT2D eigenvalue weighted by Crippen LogP contribution is 2.17. The number of nitrogens with zero attached hydrogens (tertiary/aromatic N) is 3. The Morgan fingerprint density at radius 1 is 1.47 bits per heavy atom. The van der Waals surface area contributed by atoms with E-state index >= 15 is 0 Å². The highest BCUT2D eigenvalue weighted by molar-refractivity contribution is 5.38. The second kappa shape index (κ2) is 4.45. The van der Waals surface area contributed by atoms with Crippen molar-refractivity contribution in [3.8, 4) is 0 Å². The third-order valence-corrected chi connectivity index (χ3v) is 3.32. The van der Waals surface area contributed by atoms with E-state index in [0.717, 1.165) is 43.2 Å². The molecule has 1 aliphatic heterocycles. The van der Waals surface area contributed by atoms with E-state index in [4.69, 9.17) is 4.74 Å². The fourth-order valence-electron chi connectivity index (χ4n) is 2.39. The average Bonchev–Trinajstić information content (AvgIpc) is 2.74. The molecule has 0 saturated carbocycles. The first-order valence-corrected chi connectivity index (χ1v) is 6.22. The molecule has 4 nitrogen and oxygen atoms in total. The van der Waals surface area contributed by atoms with Crippen LogP contribution < -0.4 is 0 Å². The summed E-state index contributed by atoms with van der Waals surface area (Å²) in [6, 6.07) is 6.07. The topological polar surface area (TPSA) is 39.4 Å². The Hall–Kier alpha value is -1.42. The van der Waals surface area contributed by atoms with Crippen molar-refractivity contribution in [3.63, 3.8) is 0 Å². The van der Waals surface area contributed by atoms with Gasteiger partial charge < -0.3 is 4.74 Å². The molecule has 1 saturated heterocycles. The monoisotopic (exact) mass is 231 g/mol. The zero-order valence-corrected chi connectivity index (χ0v) is 10.1. The lowest BCUT2D eigenvalue weighted by Gasteiger charge is -2.20. The Bertz CT molecular complexity index is 514. The van der Waals surface area contributed by atoms with Gasteiger partial charge in [-0.1, -0.05) is 6.07 Å². The third-order valence-electron chi connectivity index (χ3n) is 3.32. The van der Waals surface area contributed by atoms with E-state index in [9.17, 15) is 0 Å². The molecule has 0 N–H and O–H groups in total. The van der Waals surface area contributed by atoms with Gasteiger partial charge in [-0.25, -0.2) is 9.50 Å². The highest BCUT2D eigenvalue weighted by Gasteiger charge is 2.17. The first-order valence-electron chi connectivity index (χ1n) is 6.22. The van der Waals surface area contributed by atoms with Crippen LogP contribution in [-0.2, 0) is 11.2 Å². The normalized spacial score (nSPS) is 20.9. The number of aryl methyl sites for hydroxylation is 1. The van der Waals surface area contributed by atoms with Crippen LogP contribution in [0, 0.1) is 12.8 Å². The second-order valence-electron chi connectivity index (χ2n) is 4.75. The lowest BCUT2D eigenvalue weighted by molar-refractivity contribution is 0.0543. The van der Waals surface area contributed by atoms with Gasteiger partial charge in [0, 0.05) is 25.3 Å². The largest absolute Gasteiger partial charge is 0.381 e. The Morgan fingerprint density at radius 2 is 2.41 bits per heavy atom. The van der Waals surface area contributed by atoms with Gasteiger partial charge in [0.05, 0.1) is 0 Å². The number of fused-ring (bicyclic) bond motifs is 1. The summed E-state index contributed by atoms with van der Waals surface area (Å²) in [5.41, 5.74) is 2.07. The standard InChI is InChI=1S/C13H17N3O/c1-10-4-2-6-13-14-12(15-16(10)13)8-11-5-3-7-17-9-11/h2,4,6,11H,3,5,7-9H2,1H3. The quantitative estimate of drug-likeness (QED) is 0.793. The summed E-state index contributed by atoms with van der Waals surface area (Å²) >= 11 is 0. The van der Waals surface area contributed by atoms with Gasteiger partial charge in [-0.05, 0) is 37.8 Å². The van der Waals surface area contributed by atoms with E-state index in [1.807, 2.05) is 16.6 Å². The summed E-state index contributed by atoms with van der Waals surface area (Å²) in [4.78, 5) is 4.56. The Balaban J connectivity index is 1.83. The van der Waals surface area contributed by atoms with Crippen molar-refractivity contribution in [2.45, 2.75) is 26.2 Å². The lowest BCUT2D eigenvalue weighted by Crippen LogP contribution is -2.19. The SMILES string of the molecule is Cc1cccc2nc(CC3CCCOC3)nn12. The van der Waals surface area contributed by atoms with Crippen molar-refractivity contribution < 1.29 is 4.74 Å². The van der Waals surface area contributed by atoms with Crippen molar-refractivity contribution in [1.29, 1.82) is 0 Å². The van der Waals surface area contributed by atoms with Gasteiger partial charge in [0.1, 0.15) is 0 Å². The fraction of sp³-hybridized carbons (Fsp3) is 0.538. The second-order valence-corrected chi connectivity index (χ2v) is 4.75. The van der Waals surface area contributed by atoms with Gasteiger partial charge >= 0.3 is 0 Å². The Labute approximate surface area is 101 Å². The zero-order chi connectivity index (χ0) is 11.7. The highest BCUT2D eigenvalue weighted by atomic mass is 16.5. The molecule has 1 aliphatic rings. The van der Waals surface area contributed by atoms with Crippen molar-refractivity contribution >= 4 is 5.65 Å². The maximum atomic E-state index is 5.49. The molecule has 2 aromatic rings. The van der Waals surface area contributed by atoms with Crippen LogP contribution in [0.5, 0.6) is 0 Å². The first-order chi connectivity index (χ1) is 8.33. The molecule has 3 rings (SSSR count). The Morgan fingerprint density at radius 3 is 3.18 bits per heavy atom. The minimum absolute atomic E-state index is 0.585. The molecule has 0 aromatic carbocycles. The maximum Gasteiger partial charge on any atom is 0.155 e. The first kappa shape index (κ1) is 10.7. The molecule has 1 atom stereocenters. The van der Waals surface area contributed by atoms with Crippen LogP contribution in [0.15, 0.2) is 18.2 Å². The van der Waals surface area contributed by atoms with Crippen LogP contribution in [0.1, 0.15) is 24.4 Å². The van der Waals surface area contributed by atoms with Gasteiger partial charge in [0.25, 0.3) is 0 Å². The summed E-state index contributed by atoms with van der Waals surface area (Å²) in [5.74, 6) is 1.52. The van der Waals surface area contributed by atoms with Crippen molar-refractivity contribution in [2.75, 3.05) is 13.2 Å². The van der Waals surface area contributed by atoms with Crippen molar-refractivity contribution in [1.82, 2.24) is 14.6 Å².